The minimum absolute atomic E-state index is 0.0188. The molecule has 1 aromatic rings. The van der Waals surface area contributed by atoms with Gasteiger partial charge in [0.05, 0.1) is 25.0 Å². The van der Waals surface area contributed by atoms with Gasteiger partial charge in [-0.3, -0.25) is 9.69 Å². The molecule has 0 spiro atoms. The second-order valence-corrected chi connectivity index (χ2v) is 6.68. The van der Waals surface area contributed by atoms with Crippen molar-refractivity contribution in [3.05, 3.63) is 35.6 Å². The fourth-order valence-corrected chi connectivity index (χ4v) is 3.35. The van der Waals surface area contributed by atoms with Gasteiger partial charge in [0.1, 0.15) is 5.82 Å². The molecule has 0 aromatic heterocycles. The summed E-state index contributed by atoms with van der Waals surface area (Å²) in [5.41, 5.74) is 0.897. The number of carbonyl (C=O) groups is 1. The van der Waals surface area contributed by atoms with Crippen molar-refractivity contribution in [1.82, 2.24) is 10.2 Å². The van der Waals surface area contributed by atoms with Gasteiger partial charge in [0.2, 0.25) is 5.91 Å². The molecule has 23 heavy (non-hydrogen) atoms. The van der Waals surface area contributed by atoms with Crippen LogP contribution in [-0.2, 0) is 9.53 Å². The molecule has 1 amide bonds. The number of hydrogen-bond donors (Lipinski definition) is 1. The van der Waals surface area contributed by atoms with Crippen molar-refractivity contribution in [2.45, 2.75) is 19.4 Å². The van der Waals surface area contributed by atoms with E-state index in [9.17, 15) is 9.18 Å². The lowest BCUT2D eigenvalue weighted by atomic mass is 10.0. The molecule has 1 N–H and O–H groups in total. The molecule has 1 aliphatic rings. The Morgan fingerprint density at radius 3 is 2.91 bits per heavy atom. The number of thioether (sulfide) groups is 1. The van der Waals surface area contributed by atoms with Crippen molar-refractivity contribution in [2.24, 2.45) is 0 Å². The molecule has 2 rings (SSSR count). The van der Waals surface area contributed by atoms with E-state index in [1.54, 1.807) is 23.9 Å². The molecular formula is C17H25FN2O2S. The summed E-state index contributed by atoms with van der Waals surface area (Å²) in [5.74, 6) is 1.26. The SMILES string of the molecule is CCCSCC(=O)NC[C@@H](c1cccc(F)c1)N1CCOCC1. The minimum atomic E-state index is -0.245. The highest BCUT2D eigenvalue weighted by molar-refractivity contribution is 7.99. The van der Waals surface area contributed by atoms with E-state index < -0.39 is 0 Å². The van der Waals surface area contributed by atoms with E-state index in [4.69, 9.17) is 4.74 Å². The second-order valence-electron chi connectivity index (χ2n) is 5.58. The van der Waals surface area contributed by atoms with Gasteiger partial charge in [0, 0.05) is 19.6 Å². The summed E-state index contributed by atoms with van der Waals surface area (Å²) >= 11 is 1.64. The van der Waals surface area contributed by atoms with Crippen LogP contribution in [0.4, 0.5) is 4.39 Å². The van der Waals surface area contributed by atoms with Gasteiger partial charge in [0.15, 0.2) is 0 Å². The van der Waals surface area contributed by atoms with Crippen molar-refractivity contribution in [2.75, 3.05) is 44.4 Å². The van der Waals surface area contributed by atoms with Crippen molar-refractivity contribution >= 4 is 17.7 Å². The summed E-state index contributed by atoms with van der Waals surface area (Å²) < 4.78 is 19.0. The van der Waals surface area contributed by atoms with Gasteiger partial charge >= 0.3 is 0 Å². The summed E-state index contributed by atoms with van der Waals surface area (Å²) in [6.07, 6.45) is 1.07. The molecule has 0 unspecified atom stereocenters. The van der Waals surface area contributed by atoms with Gasteiger partial charge in [0.25, 0.3) is 0 Å². The summed E-state index contributed by atoms with van der Waals surface area (Å²) in [7, 11) is 0. The molecule has 1 aliphatic heterocycles. The summed E-state index contributed by atoms with van der Waals surface area (Å²) in [6.45, 7) is 5.53. The second kappa shape index (κ2) is 9.90. The predicted octanol–water partition coefficient (Wildman–Crippen LogP) is 2.46. The number of halogens is 1. The number of rotatable bonds is 8. The van der Waals surface area contributed by atoms with Gasteiger partial charge in [-0.05, 0) is 29.9 Å². The van der Waals surface area contributed by atoms with Crippen LogP contribution in [0.5, 0.6) is 0 Å². The molecule has 1 heterocycles. The topological polar surface area (TPSA) is 41.6 Å². The fourth-order valence-electron chi connectivity index (χ4n) is 2.63. The maximum Gasteiger partial charge on any atom is 0.230 e. The molecule has 1 atom stereocenters. The Morgan fingerprint density at radius 2 is 2.22 bits per heavy atom. The van der Waals surface area contributed by atoms with Crippen LogP contribution >= 0.6 is 11.8 Å². The highest BCUT2D eigenvalue weighted by Gasteiger charge is 2.23. The molecule has 0 bridgehead atoms. The smallest absolute Gasteiger partial charge is 0.230 e. The van der Waals surface area contributed by atoms with Crippen LogP contribution in [0.3, 0.4) is 0 Å². The molecule has 1 saturated heterocycles. The van der Waals surface area contributed by atoms with Gasteiger partial charge in [-0.25, -0.2) is 4.39 Å². The molecule has 128 valence electrons. The van der Waals surface area contributed by atoms with E-state index in [-0.39, 0.29) is 17.8 Å². The van der Waals surface area contributed by atoms with E-state index in [0.29, 0.717) is 25.5 Å². The monoisotopic (exact) mass is 340 g/mol. The highest BCUT2D eigenvalue weighted by atomic mass is 32.2. The highest BCUT2D eigenvalue weighted by Crippen LogP contribution is 2.22. The maximum atomic E-state index is 13.6. The molecular weight excluding hydrogens is 315 g/mol. The first-order valence-electron chi connectivity index (χ1n) is 8.12. The van der Waals surface area contributed by atoms with Crippen LogP contribution < -0.4 is 5.32 Å². The van der Waals surface area contributed by atoms with Crippen molar-refractivity contribution < 1.29 is 13.9 Å². The number of hydrogen-bond acceptors (Lipinski definition) is 4. The number of morpholine rings is 1. The predicted molar refractivity (Wildman–Crippen MR) is 92.2 cm³/mol. The largest absolute Gasteiger partial charge is 0.379 e. The first-order chi connectivity index (χ1) is 11.2. The molecule has 1 fully saturated rings. The number of nitrogens with one attached hydrogen (secondary N) is 1. The number of ether oxygens (including phenoxy) is 1. The van der Waals surface area contributed by atoms with Gasteiger partial charge < -0.3 is 10.1 Å². The molecule has 1 aromatic carbocycles. The summed E-state index contributed by atoms with van der Waals surface area (Å²) in [6, 6.07) is 6.62. The third-order valence-electron chi connectivity index (χ3n) is 3.79. The number of carbonyl (C=O) groups excluding carboxylic acids is 1. The first-order valence-corrected chi connectivity index (χ1v) is 9.28. The minimum Gasteiger partial charge on any atom is -0.379 e. The third kappa shape index (κ3) is 6.12. The van der Waals surface area contributed by atoms with Crippen molar-refractivity contribution in [3.63, 3.8) is 0 Å². The molecule has 0 aliphatic carbocycles. The van der Waals surface area contributed by atoms with Gasteiger partial charge in [-0.1, -0.05) is 19.1 Å². The number of benzene rings is 1. The normalized spacial score (nSPS) is 17.0. The van der Waals surface area contributed by atoms with Crippen LogP contribution in [0.1, 0.15) is 24.9 Å². The zero-order valence-corrected chi connectivity index (χ0v) is 14.4. The first kappa shape index (κ1) is 18.2. The van der Waals surface area contributed by atoms with Crippen LogP contribution in [0.2, 0.25) is 0 Å². The average molecular weight is 340 g/mol. The van der Waals surface area contributed by atoms with Crippen LogP contribution in [-0.4, -0.2) is 55.2 Å². The van der Waals surface area contributed by atoms with Crippen LogP contribution in [0, 0.1) is 5.82 Å². The van der Waals surface area contributed by atoms with Gasteiger partial charge in [-0.15, -0.1) is 0 Å². The van der Waals surface area contributed by atoms with E-state index >= 15 is 0 Å². The molecule has 0 saturated carbocycles. The Balaban J connectivity index is 1.97. The lowest BCUT2D eigenvalue weighted by Crippen LogP contribution is -2.44. The number of amides is 1. The quantitative estimate of drug-likeness (QED) is 0.738. The zero-order chi connectivity index (χ0) is 16.5. The lowest BCUT2D eigenvalue weighted by Gasteiger charge is -2.35. The summed E-state index contributed by atoms with van der Waals surface area (Å²) in [4.78, 5) is 14.2. The van der Waals surface area contributed by atoms with Crippen molar-refractivity contribution in [1.29, 1.82) is 0 Å². The number of nitrogens with zero attached hydrogens (tertiary/aromatic N) is 1. The zero-order valence-electron chi connectivity index (χ0n) is 13.6. The Morgan fingerprint density at radius 1 is 1.43 bits per heavy atom. The standard InChI is InChI=1S/C17H25FN2O2S/c1-2-10-23-13-17(21)19-12-16(20-6-8-22-9-7-20)14-4-3-5-15(18)11-14/h3-5,11,16H,2,6-10,12-13H2,1H3,(H,19,21)/t16-/m0/s1. The van der Waals surface area contributed by atoms with Gasteiger partial charge in [-0.2, -0.15) is 11.8 Å². The molecule has 4 nitrogen and oxygen atoms in total. The molecule has 6 heteroatoms. The van der Waals surface area contributed by atoms with Crippen LogP contribution in [0.15, 0.2) is 24.3 Å². The van der Waals surface area contributed by atoms with Crippen molar-refractivity contribution in [3.8, 4) is 0 Å². The Hall–Kier alpha value is -1.11. The van der Waals surface area contributed by atoms with E-state index in [0.717, 1.165) is 30.8 Å². The van der Waals surface area contributed by atoms with Crippen LogP contribution in [0.25, 0.3) is 0 Å². The third-order valence-corrected chi connectivity index (χ3v) is 4.96. The Bertz CT molecular complexity index is 495. The fraction of sp³-hybridized carbons (Fsp3) is 0.588. The van der Waals surface area contributed by atoms with E-state index in [1.807, 2.05) is 6.07 Å². The van der Waals surface area contributed by atoms with E-state index in [2.05, 4.69) is 17.1 Å². The molecule has 0 radical (unpaired) electrons. The van der Waals surface area contributed by atoms with E-state index in [1.165, 1.54) is 6.07 Å². The maximum absolute atomic E-state index is 13.6. The average Bonchev–Trinajstić information content (AvgIpc) is 2.56. The Labute approximate surface area is 141 Å². The Kier molecular flexibility index (Phi) is 7.85. The summed E-state index contributed by atoms with van der Waals surface area (Å²) in [5, 5.41) is 2.99. The lowest BCUT2D eigenvalue weighted by molar-refractivity contribution is -0.118.